The minimum Gasteiger partial charge on any atom is -0.497 e. The van der Waals surface area contributed by atoms with Crippen LogP contribution in [0.4, 0.5) is 8.78 Å². The first-order valence-electron chi connectivity index (χ1n) is 5.88. The average Bonchev–Trinajstić information content (AvgIpc) is 2.78. The molecule has 2 atom stereocenters. The van der Waals surface area contributed by atoms with Gasteiger partial charge in [0.15, 0.2) is 0 Å². The molecule has 1 fully saturated rings. The number of halogens is 2. The number of ether oxygens (including phenoxy) is 2. The molecule has 0 radical (unpaired) electrons. The Hall–Kier alpha value is -2.18. The van der Waals surface area contributed by atoms with Crippen molar-refractivity contribution in [3.8, 4) is 5.75 Å². The lowest BCUT2D eigenvalue weighted by molar-refractivity contribution is -0.149. The Morgan fingerprint density at radius 3 is 2.40 bits per heavy atom. The maximum Gasteiger partial charge on any atom is 0.318 e. The van der Waals surface area contributed by atoms with Crippen LogP contribution in [0.1, 0.15) is 11.5 Å². The van der Waals surface area contributed by atoms with Gasteiger partial charge in [0, 0.05) is 30.2 Å². The van der Waals surface area contributed by atoms with Crippen molar-refractivity contribution in [2.45, 2.75) is 5.92 Å². The first-order chi connectivity index (χ1) is 9.49. The minimum atomic E-state index is -1.25. The molecule has 20 heavy (non-hydrogen) atoms. The van der Waals surface area contributed by atoms with Crippen LogP contribution in [0.25, 0.3) is 0 Å². The minimum absolute atomic E-state index is 0.0238. The Labute approximate surface area is 113 Å². The van der Waals surface area contributed by atoms with Crippen molar-refractivity contribution in [2.75, 3.05) is 20.8 Å². The number of rotatable bonds is 3. The van der Waals surface area contributed by atoms with E-state index in [0.29, 0.717) is 0 Å². The monoisotopic (exact) mass is 285 g/mol. The third-order valence-electron chi connectivity index (χ3n) is 3.30. The molecule has 1 aliphatic heterocycles. The van der Waals surface area contributed by atoms with Crippen LogP contribution in [0.15, 0.2) is 12.1 Å². The quantitative estimate of drug-likeness (QED) is 0.664. The van der Waals surface area contributed by atoms with Gasteiger partial charge in [-0.25, -0.2) is 8.78 Å². The fourth-order valence-corrected chi connectivity index (χ4v) is 2.32. The Morgan fingerprint density at radius 2 is 1.90 bits per heavy atom. The number of carbonyl (C=O) groups is 2. The van der Waals surface area contributed by atoms with Gasteiger partial charge in [-0.05, 0) is 0 Å². The average molecular weight is 285 g/mol. The molecule has 1 aliphatic rings. The highest BCUT2D eigenvalue weighted by Gasteiger charge is 2.44. The van der Waals surface area contributed by atoms with Gasteiger partial charge < -0.3 is 14.8 Å². The van der Waals surface area contributed by atoms with Crippen molar-refractivity contribution >= 4 is 11.9 Å². The van der Waals surface area contributed by atoms with Crippen molar-refractivity contribution in [1.29, 1.82) is 0 Å². The molecule has 0 saturated carbocycles. The largest absolute Gasteiger partial charge is 0.497 e. The number of carbonyl (C=O) groups excluding carboxylic acids is 2. The Morgan fingerprint density at radius 1 is 1.30 bits per heavy atom. The van der Waals surface area contributed by atoms with Crippen molar-refractivity contribution < 1.29 is 27.8 Å². The summed E-state index contributed by atoms with van der Waals surface area (Å²) in [5.74, 6) is -5.32. The standard InChI is InChI=1S/C13H13F2NO4/c1-19-6-3-8(14)10(9(15)4-6)7-5-16-12(17)11(7)13(18)20-2/h3-4,7,11H,5H2,1-2H3,(H,16,17)/t7-,11-/m0/s1. The van der Waals surface area contributed by atoms with Gasteiger partial charge in [0.1, 0.15) is 23.3 Å². The molecule has 0 bridgehead atoms. The molecule has 0 aliphatic carbocycles. The predicted molar refractivity (Wildman–Crippen MR) is 64.2 cm³/mol. The molecular formula is C13H13F2NO4. The summed E-state index contributed by atoms with van der Waals surface area (Å²) in [6.45, 7) is -0.0290. The number of amides is 1. The molecule has 1 heterocycles. The highest BCUT2D eigenvalue weighted by atomic mass is 19.1. The zero-order valence-corrected chi connectivity index (χ0v) is 10.9. The highest BCUT2D eigenvalue weighted by Crippen LogP contribution is 2.35. The van der Waals surface area contributed by atoms with Crippen LogP contribution >= 0.6 is 0 Å². The molecule has 1 amide bonds. The van der Waals surface area contributed by atoms with Gasteiger partial charge in [-0.3, -0.25) is 9.59 Å². The number of benzene rings is 1. The first-order valence-corrected chi connectivity index (χ1v) is 5.88. The van der Waals surface area contributed by atoms with Crippen LogP contribution in [0.3, 0.4) is 0 Å². The number of hydrogen-bond donors (Lipinski definition) is 1. The third-order valence-corrected chi connectivity index (χ3v) is 3.30. The summed E-state index contributed by atoms with van der Waals surface area (Å²) in [7, 11) is 2.40. The van der Waals surface area contributed by atoms with E-state index in [1.165, 1.54) is 7.11 Å². The maximum absolute atomic E-state index is 14.0. The van der Waals surface area contributed by atoms with E-state index in [9.17, 15) is 18.4 Å². The van der Waals surface area contributed by atoms with Gasteiger partial charge in [-0.1, -0.05) is 0 Å². The van der Waals surface area contributed by atoms with Crippen LogP contribution in [-0.2, 0) is 14.3 Å². The summed E-state index contributed by atoms with van der Waals surface area (Å²) >= 11 is 0. The predicted octanol–water partition coefficient (Wildman–Crippen LogP) is 0.976. The molecule has 2 rings (SSSR count). The smallest absolute Gasteiger partial charge is 0.318 e. The molecule has 108 valence electrons. The molecular weight excluding hydrogens is 272 g/mol. The van der Waals surface area contributed by atoms with Crippen molar-refractivity contribution in [1.82, 2.24) is 5.32 Å². The lowest BCUT2D eigenvalue weighted by Crippen LogP contribution is -2.28. The van der Waals surface area contributed by atoms with E-state index in [1.807, 2.05) is 0 Å². The van der Waals surface area contributed by atoms with Crippen LogP contribution in [0.2, 0.25) is 0 Å². The van der Waals surface area contributed by atoms with Gasteiger partial charge in [-0.2, -0.15) is 0 Å². The number of esters is 1. The van der Waals surface area contributed by atoms with Crippen LogP contribution in [-0.4, -0.2) is 32.6 Å². The zero-order chi connectivity index (χ0) is 14.9. The van der Waals surface area contributed by atoms with E-state index < -0.39 is 35.3 Å². The number of nitrogens with one attached hydrogen (secondary N) is 1. The normalized spacial score (nSPS) is 21.5. The van der Waals surface area contributed by atoms with Crippen LogP contribution < -0.4 is 10.1 Å². The van der Waals surface area contributed by atoms with E-state index in [2.05, 4.69) is 10.1 Å². The second-order valence-corrected chi connectivity index (χ2v) is 4.36. The third kappa shape index (κ3) is 2.31. The van der Waals surface area contributed by atoms with Gasteiger partial charge >= 0.3 is 5.97 Å². The Balaban J connectivity index is 2.45. The van der Waals surface area contributed by atoms with Crippen LogP contribution in [0, 0.1) is 17.6 Å². The molecule has 0 aromatic heterocycles. The summed E-state index contributed by atoms with van der Waals surface area (Å²) in [5.41, 5.74) is -0.320. The van der Waals surface area contributed by atoms with Crippen molar-refractivity contribution in [2.24, 2.45) is 5.92 Å². The van der Waals surface area contributed by atoms with Crippen molar-refractivity contribution in [3.05, 3.63) is 29.3 Å². The Bertz CT molecular complexity index is 538. The number of methoxy groups -OCH3 is 2. The first kappa shape index (κ1) is 14.2. The van der Waals surface area contributed by atoms with Crippen molar-refractivity contribution in [3.63, 3.8) is 0 Å². The fourth-order valence-electron chi connectivity index (χ4n) is 2.32. The lowest BCUT2D eigenvalue weighted by atomic mass is 9.87. The molecule has 7 heteroatoms. The van der Waals surface area contributed by atoms with Gasteiger partial charge in [-0.15, -0.1) is 0 Å². The second-order valence-electron chi connectivity index (χ2n) is 4.36. The molecule has 1 N–H and O–H groups in total. The van der Waals surface area contributed by atoms with E-state index in [1.54, 1.807) is 0 Å². The maximum atomic E-state index is 14.0. The van der Waals surface area contributed by atoms with Gasteiger partial charge in [0.2, 0.25) is 5.91 Å². The SMILES string of the molecule is COC(=O)[C@@H]1C(=O)NC[C@H]1c1c(F)cc(OC)cc1F. The molecule has 5 nitrogen and oxygen atoms in total. The van der Waals surface area contributed by atoms with E-state index in [-0.39, 0.29) is 17.9 Å². The van der Waals surface area contributed by atoms with E-state index in [0.717, 1.165) is 19.2 Å². The fraction of sp³-hybridized carbons (Fsp3) is 0.385. The van der Waals surface area contributed by atoms with Crippen LogP contribution in [0.5, 0.6) is 5.75 Å². The second kappa shape index (κ2) is 5.44. The highest BCUT2D eigenvalue weighted by molar-refractivity contribution is 6.00. The summed E-state index contributed by atoms with van der Waals surface area (Å²) in [5, 5.41) is 2.41. The van der Waals surface area contributed by atoms with Gasteiger partial charge in [0.05, 0.1) is 14.2 Å². The van der Waals surface area contributed by atoms with E-state index in [4.69, 9.17) is 4.74 Å². The molecule has 1 saturated heterocycles. The summed E-state index contributed by atoms with van der Waals surface area (Å²) in [6, 6.07) is 2.02. The Kier molecular flexibility index (Phi) is 3.87. The zero-order valence-electron chi connectivity index (χ0n) is 10.9. The summed E-state index contributed by atoms with van der Waals surface area (Å²) < 4.78 is 37.3. The summed E-state index contributed by atoms with van der Waals surface area (Å²) in [6.07, 6.45) is 0. The lowest BCUT2D eigenvalue weighted by Gasteiger charge is -2.17. The molecule has 0 spiro atoms. The van der Waals surface area contributed by atoms with Gasteiger partial charge in [0.25, 0.3) is 0 Å². The van der Waals surface area contributed by atoms with E-state index >= 15 is 0 Å². The molecule has 1 aromatic rings. The summed E-state index contributed by atoms with van der Waals surface area (Å²) in [4.78, 5) is 23.2. The molecule has 0 unspecified atom stereocenters. The number of hydrogen-bond acceptors (Lipinski definition) is 4. The topological polar surface area (TPSA) is 64.6 Å². The molecule has 1 aromatic carbocycles.